The molecule has 0 unspecified atom stereocenters. The van der Waals surface area contributed by atoms with E-state index in [9.17, 15) is 9.90 Å². The van der Waals surface area contributed by atoms with Gasteiger partial charge in [0, 0.05) is 5.56 Å². The molecule has 1 heterocycles. The van der Waals surface area contributed by atoms with Crippen LogP contribution in [0.2, 0.25) is 0 Å². The molecule has 2 aromatic rings. The molecule has 6 heteroatoms. The van der Waals surface area contributed by atoms with Crippen LogP contribution in [0.5, 0.6) is 11.5 Å². The van der Waals surface area contributed by atoms with E-state index in [4.69, 9.17) is 9.47 Å². The van der Waals surface area contributed by atoms with Gasteiger partial charge in [0.2, 0.25) is 0 Å². The number of aromatic carboxylic acids is 1. The highest BCUT2D eigenvalue weighted by Gasteiger charge is 2.12. The first-order valence-corrected chi connectivity index (χ1v) is 7.15. The Morgan fingerprint density at radius 3 is 2.39 bits per heavy atom. The number of carboxylic acid groups (broad SMARTS) is 1. The quantitative estimate of drug-likeness (QED) is 0.686. The van der Waals surface area contributed by atoms with Gasteiger partial charge in [0.1, 0.15) is 13.2 Å². The SMILES string of the molecule is C/C(=N/Nc1ccc(C(=O)[O-])cc1)c1ccc2c(c1)OCCO2. The van der Waals surface area contributed by atoms with Crippen LogP contribution in [0.15, 0.2) is 47.6 Å². The van der Waals surface area contributed by atoms with Gasteiger partial charge < -0.3 is 19.4 Å². The number of fused-ring (bicyclic) bond motifs is 1. The molecule has 118 valence electrons. The molecule has 0 saturated heterocycles. The first kappa shape index (κ1) is 14.9. The number of hydrogen-bond donors (Lipinski definition) is 1. The molecule has 1 aliphatic heterocycles. The third-order valence-corrected chi connectivity index (χ3v) is 3.43. The molecule has 0 spiro atoms. The predicted octanol–water partition coefficient (Wildman–Crippen LogP) is 1.66. The van der Waals surface area contributed by atoms with Crippen molar-refractivity contribution in [3.05, 3.63) is 53.6 Å². The summed E-state index contributed by atoms with van der Waals surface area (Å²) in [6, 6.07) is 11.8. The van der Waals surface area contributed by atoms with Crippen molar-refractivity contribution in [2.75, 3.05) is 18.6 Å². The number of rotatable bonds is 4. The van der Waals surface area contributed by atoms with Crippen molar-refractivity contribution >= 4 is 17.4 Å². The highest BCUT2D eigenvalue weighted by molar-refractivity contribution is 5.99. The van der Waals surface area contributed by atoms with E-state index >= 15 is 0 Å². The van der Waals surface area contributed by atoms with E-state index in [1.807, 2.05) is 25.1 Å². The molecule has 0 amide bonds. The number of carbonyl (C=O) groups excluding carboxylic acids is 1. The lowest BCUT2D eigenvalue weighted by molar-refractivity contribution is -0.255. The van der Waals surface area contributed by atoms with Crippen molar-refractivity contribution in [1.82, 2.24) is 0 Å². The maximum Gasteiger partial charge on any atom is 0.162 e. The Bertz CT molecular complexity index is 754. The lowest BCUT2D eigenvalue weighted by Gasteiger charge is -2.18. The zero-order valence-corrected chi connectivity index (χ0v) is 12.5. The number of anilines is 1. The standard InChI is InChI=1S/C17H16N2O4/c1-11(13-4-7-15-16(10-13)23-9-8-22-15)18-19-14-5-2-12(3-6-14)17(20)21/h2-7,10,19H,8-9H2,1H3,(H,20,21)/p-1/b18-11-. The molecule has 6 nitrogen and oxygen atoms in total. The Morgan fingerprint density at radius 2 is 1.70 bits per heavy atom. The van der Waals surface area contributed by atoms with Crippen LogP contribution in [0.4, 0.5) is 5.69 Å². The van der Waals surface area contributed by atoms with Crippen LogP contribution in [0.3, 0.4) is 0 Å². The molecule has 0 atom stereocenters. The number of carboxylic acids is 1. The zero-order chi connectivity index (χ0) is 16.2. The van der Waals surface area contributed by atoms with Gasteiger partial charge in [-0.25, -0.2) is 0 Å². The number of hydrazone groups is 1. The van der Waals surface area contributed by atoms with Crippen molar-refractivity contribution in [3.8, 4) is 11.5 Å². The van der Waals surface area contributed by atoms with Crippen LogP contribution in [0, 0.1) is 0 Å². The van der Waals surface area contributed by atoms with Gasteiger partial charge in [-0.15, -0.1) is 0 Å². The molecule has 23 heavy (non-hydrogen) atoms. The minimum atomic E-state index is -1.20. The summed E-state index contributed by atoms with van der Waals surface area (Å²) in [6.45, 7) is 2.96. The van der Waals surface area contributed by atoms with Gasteiger partial charge in [0.15, 0.2) is 11.5 Å². The van der Waals surface area contributed by atoms with Crippen molar-refractivity contribution in [1.29, 1.82) is 0 Å². The summed E-state index contributed by atoms with van der Waals surface area (Å²) in [5, 5.41) is 15.0. The first-order chi connectivity index (χ1) is 11.1. The van der Waals surface area contributed by atoms with Crippen molar-refractivity contribution in [3.63, 3.8) is 0 Å². The molecular weight excluding hydrogens is 296 g/mol. The van der Waals surface area contributed by atoms with Crippen LogP contribution in [0.1, 0.15) is 22.8 Å². The number of nitrogens with one attached hydrogen (secondary N) is 1. The molecule has 2 aromatic carbocycles. The molecule has 0 radical (unpaired) electrons. The Morgan fingerprint density at radius 1 is 1.04 bits per heavy atom. The highest BCUT2D eigenvalue weighted by Crippen LogP contribution is 2.30. The Hall–Kier alpha value is -3.02. The molecule has 1 aliphatic rings. The van der Waals surface area contributed by atoms with Gasteiger partial charge in [-0.1, -0.05) is 12.1 Å². The van der Waals surface area contributed by atoms with Gasteiger partial charge in [-0.05, 0) is 42.8 Å². The monoisotopic (exact) mass is 311 g/mol. The topological polar surface area (TPSA) is 83.0 Å². The summed E-state index contributed by atoms with van der Waals surface area (Å²) in [7, 11) is 0. The van der Waals surface area contributed by atoms with Gasteiger partial charge in [0.25, 0.3) is 0 Å². The summed E-state index contributed by atoms with van der Waals surface area (Å²) >= 11 is 0. The van der Waals surface area contributed by atoms with Gasteiger partial charge in [0.05, 0.1) is 17.4 Å². The maximum absolute atomic E-state index is 10.7. The number of ether oxygens (including phenoxy) is 2. The van der Waals surface area contributed by atoms with Crippen molar-refractivity contribution in [2.24, 2.45) is 5.10 Å². The molecule has 1 N–H and O–H groups in total. The summed E-state index contributed by atoms with van der Waals surface area (Å²) in [4.78, 5) is 10.7. The van der Waals surface area contributed by atoms with E-state index in [1.54, 1.807) is 12.1 Å². The largest absolute Gasteiger partial charge is 0.545 e. The second-order valence-electron chi connectivity index (χ2n) is 5.03. The second kappa shape index (κ2) is 6.39. The number of benzene rings is 2. The fraction of sp³-hybridized carbons (Fsp3) is 0.176. The molecule has 0 fully saturated rings. The van der Waals surface area contributed by atoms with Crippen molar-refractivity contribution in [2.45, 2.75) is 6.92 Å². The normalized spacial score (nSPS) is 13.5. The second-order valence-corrected chi connectivity index (χ2v) is 5.03. The third kappa shape index (κ3) is 3.42. The average Bonchev–Trinajstić information content (AvgIpc) is 2.59. The summed E-state index contributed by atoms with van der Waals surface area (Å²) in [6.07, 6.45) is 0. The molecular formula is C17H15N2O4-. The smallest absolute Gasteiger partial charge is 0.162 e. The highest BCUT2D eigenvalue weighted by atomic mass is 16.6. The van der Waals surface area contributed by atoms with Gasteiger partial charge in [-0.3, -0.25) is 5.43 Å². The Labute approximate surface area is 133 Å². The van der Waals surface area contributed by atoms with E-state index in [1.165, 1.54) is 12.1 Å². The van der Waals surface area contributed by atoms with Crippen LogP contribution < -0.4 is 20.0 Å². The fourth-order valence-corrected chi connectivity index (χ4v) is 2.16. The lowest BCUT2D eigenvalue weighted by atomic mass is 10.1. The molecule has 3 rings (SSSR count). The predicted molar refractivity (Wildman–Crippen MR) is 84.0 cm³/mol. The average molecular weight is 311 g/mol. The van der Waals surface area contributed by atoms with Gasteiger partial charge in [-0.2, -0.15) is 5.10 Å². The number of nitrogens with zero attached hydrogens (tertiary/aromatic N) is 1. The minimum Gasteiger partial charge on any atom is -0.545 e. The first-order valence-electron chi connectivity index (χ1n) is 7.15. The van der Waals surface area contributed by atoms with Crippen LogP contribution in [-0.2, 0) is 0 Å². The van der Waals surface area contributed by atoms with E-state index in [2.05, 4.69) is 10.5 Å². The van der Waals surface area contributed by atoms with E-state index in [0.717, 1.165) is 17.0 Å². The maximum atomic E-state index is 10.7. The van der Waals surface area contributed by atoms with Crippen LogP contribution in [0.25, 0.3) is 0 Å². The van der Waals surface area contributed by atoms with Crippen LogP contribution in [-0.4, -0.2) is 24.9 Å². The summed E-state index contributed by atoms with van der Waals surface area (Å²) < 4.78 is 11.0. The summed E-state index contributed by atoms with van der Waals surface area (Å²) in [5.41, 5.74) is 5.39. The lowest BCUT2D eigenvalue weighted by Crippen LogP contribution is -2.21. The Balaban J connectivity index is 1.73. The molecule has 0 saturated carbocycles. The van der Waals surface area contributed by atoms with E-state index < -0.39 is 5.97 Å². The fourth-order valence-electron chi connectivity index (χ4n) is 2.16. The molecule has 0 bridgehead atoms. The number of carbonyl (C=O) groups is 1. The van der Waals surface area contributed by atoms with Gasteiger partial charge >= 0.3 is 0 Å². The van der Waals surface area contributed by atoms with Crippen molar-refractivity contribution < 1.29 is 19.4 Å². The third-order valence-electron chi connectivity index (χ3n) is 3.43. The van der Waals surface area contributed by atoms with Crippen LogP contribution >= 0.6 is 0 Å². The number of hydrogen-bond acceptors (Lipinski definition) is 6. The zero-order valence-electron chi connectivity index (χ0n) is 12.5. The minimum absolute atomic E-state index is 0.128. The van der Waals surface area contributed by atoms with E-state index in [-0.39, 0.29) is 5.56 Å². The molecule has 0 aromatic heterocycles. The summed E-state index contributed by atoms with van der Waals surface area (Å²) in [5.74, 6) is 0.243. The molecule has 0 aliphatic carbocycles. The van der Waals surface area contributed by atoms with E-state index in [0.29, 0.717) is 24.7 Å². The Kier molecular flexibility index (Phi) is 4.14.